The van der Waals surface area contributed by atoms with E-state index < -0.39 is 23.8 Å². The van der Waals surface area contributed by atoms with Crippen LogP contribution in [0.1, 0.15) is 98.5 Å². The molecular weight excluding hydrogens is 532 g/mol. The first-order valence-electron chi connectivity index (χ1n) is 15.6. The van der Waals surface area contributed by atoms with Gasteiger partial charge >= 0.3 is 11.9 Å². The van der Waals surface area contributed by atoms with Gasteiger partial charge in [-0.1, -0.05) is 61.4 Å². The van der Waals surface area contributed by atoms with Crippen LogP contribution in [0.4, 0.5) is 0 Å². The van der Waals surface area contributed by atoms with Gasteiger partial charge in [-0.05, 0) is 86.5 Å². The normalized spacial score (nSPS) is 27.9. The highest BCUT2D eigenvalue weighted by molar-refractivity contribution is 5.86. The lowest BCUT2D eigenvalue weighted by atomic mass is 9.87. The Kier molecular flexibility index (Phi) is 9.60. The van der Waals surface area contributed by atoms with Crippen molar-refractivity contribution in [2.75, 3.05) is 0 Å². The van der Waals surface area contributed by atoms with Gasteiger partial charge in [0, 0.05) is 0 Å². The van der Waals surface area contributed by atoms with Crippen LogP contribution in [0.3, 0.4) is 0 Å². The summed E-state index contributed by atoms with van der Waals surface area (Å²) in [5.74, 6) is -3.59. The first-order chi connectivity index (χ1) is 20.3. The highest BCUT2D eigenvalue weighted by atomic mass is 16.4. The molecular formula is C34H42N2O6. The number of hydrogen-bond acceptors (Lipinski definition) is 4. The van der Waals surface area contributed by atoms with Gasteiger partial charge in [0.25, 0.3) is 0 Å². The van der Waals surface area contributed by atoms with Crippen molar-refractivity contribution in [3.8, 4) is 0 Å². The first kappa shape index (κ1) is 29.8. The quantitative estimate of drug-likeness (QED) is 0.367. The van der Waals surface area contributed by atoms with Gasteiger partial charge in [-0.25, -0.2) is 0 Å². The molecule has 0 aromatic heterocycles. The molecule has 6 rings (SSSR count). The maximum absolute atomic E-state index is 12.5. The summed E-state index contributed by atoms with van der Waals surface area (Å²) in [6.45, 7) is 0. The van der Waals surface area contributed by atoms with Crippen LogP contribution >= 0.6 is 0 Å². The maximum Gasteiger partial charge on any atom is 0.307 e. The average molecular weight is 575 g/mol. The van der Waals surface area contributed by atoms with Crippen molar-refractivity contribution < 1.29 is 29.4 Å². The molecule has 8 heteroatoms. The smallest absolute Gasteiger partial charge is 0.307 e. The third-order valence-electron chi connectivity index (χ3n) is 9.71. The topological polar surface area (TPSA) is 133 Å². The van der Waals surface area contributed by atoms with E-state index in [4.69, 9.17) is 0 Å². The third-order valence-corrected chi connectivity index (χ3v) is 9.71. The monoisotopic (exact) mass is 574 g/mol. The van der Waals surface area contributed by atoms with Crippen LogP contribution in [0.25, 0.3) is 0 Å². The van der Waals surface area contributed by atoms with Crippen LogP contribution in [0.2, 0.25) is 0 Å². The Morgan fingerprint density at radius 3 is 1.31 bits per heavy atom. The molecule has 2 amide bonds. The number of carboxylic acids is 2. The second kappa shape index (κ2) is 13.5. The Balaban J connectivity index is 0.000000168. The molecule has 6 atom stereocenters. The fourth-order valence-electron chi connectivity index (χ4n) is 7.50. The summed E-state index contributed by atoms with van der Waals surface area (Å²) in [6, 6.07) is 16.5. The number of carbonyl (C=O) groups is 4. The number of fused-ring (bicyclic) bond motifs is 2. The van der Waals surface area contributed by atoms with Crippen molar-refractivity contribution in [2.45, 2.75) is 89.1 Å². The number of carboxylic acid groups (broad SMARTS) is 2. The Hall–Kier alpha value is -3.68. The van der Waals surface area contributed by atoms with Crippen LogP contribution in [0.15, 0.2) is 48.5 Å². The number of carbonyl (C=O) groups excluding carboxylic acids is 2. The number of rotatable bonds is 6. The van der Waals surface area contributed by atoms with Crippen molar-refractivity contribution in [1.82, 2.24) is 10.6 Å². The van der Waals surface area contributed by atoms with E-state index in [9.17, 15) is 29.4 Å². The Morgan fingerprint density at radius 1 is 0.524 bits per heavy atom. The largest absolute Gasteiger partial charge is 0.481 e. The minimum atomic E-state index is -0.836. The SMILES string of the molecule is O=C(O)[C@@H]1CCC[C@H]1C(=O)NC1CCCc2ccccc21.O=C(O)[C@H]1CCC[C@@H]1C(=O)NC1CCCc2ccccc21. The molecule has 4 N–H and O–H groups in total. The highest BCUT2D eigenvalue weighted by Crippen LogP contribution is 2.36. The molecule has 0 radical (unpaired) electrons. The number of aliphatic carboxylic acids is 2. The van der Waals surface area contributed by atoms with E-state index in [0.717, 1.165) is 51.4 Å². The lowest BCUT2D eigenvalue weighted by Crippen LogP contribution is -2.38. The molecule has 4 aliphatic carbocycles. The van der Waals surface area contributed by atoms with E-state index >= 15 is 0 Å². The second-order valence-electron chi connectivity index (χ2n) is 12.3. The molecule has 2 fully saturated rings. The van der Waals surface area contributed by atoms with Crippen molar-refractivity contribution >= 4 is 23.8 Å². The molecule has 2 saturated carbocycles. The lowest BCUT2D eigenvalue weighted by molar-refractivity contribution is -0.146. The summed E-state index contributed by atoms with van der Waals surface area (Å²) >= 11 is 0. The standard InChI is InChI=1S/2C17H21NO3/c2*19-16(13-8-4-9-14(13)17(20)21)18-15-10-3-6-11-5-1-2-7-12(11)15/h2*1-2,5,7,13-15H,3-4,6,8-10H2,(H,18,19)(H,20,21)/t2*13-,14-,15?/m10/s1. The number of nitrogens with one attached hydrogen (secondary N) is 2. The van der Waals surface area contributed by atoms with Crippen molar-refractivity contribution in [2.24, 2.45) is 23.7 Å². The molecule has 2 aromatic carbocycles. The Bertz CT molecular complexity index is 1210. The van der Waals surface area contributed by atoms with Gasteiger partial charge in [-0.3, -0.25) is 19.2 Å². The molecule has 0 aliphatic heterocycles. The van der Waals surface area contributed by atoms with Crippen LogP contribution in [-0.4, -0.2) is 34.0 Å². The number of aryl methyl sites for hydroxylation is 2. The summed E-state index contributed by atoms with van der Waals surface area (Å²) in [6.07, 6.45) is 10.4. The van der Waals surface area contributed by atoms with Gasteiger partial charge in [0.05, 0.1) is 35.8 Å². The zero-order chi connectivity index (χ0) is 29.6. The van der Waals surface area contributed by atoms with E-state index in [1.165, 1.54) is 22.3 Å². The molecule has 2 aromatic rings. The van der Waals surface area contributed by atoms with Crippen LogP contribution in [0.5, 0.6) is 0 Å². The molecule has 8 nitrogen and oxygen atoms in total. The molecule has 4 aliphatic rings. The lowest BCUT2D eigenvalue weighted by Gasteiger charge is -2.28. The van der Waals surface area contributed by atoms with Gasteiger partial charge in [0.2, 0.25) is 11.8 Å². The van der Waals surface area contributed by atoms with Gasteiger partial charge in [0.1, 0.15) is 0 Å². The fourth-order valence-corrected chi connectivity index (χ4v) is 7.50. The van der Waals surface area contributed by atoms with Gasteiger partial charge in [-0.15, -0.1) is 0 Å². The minimum absolute atomic E-state index is 0.0393. The third kappa shape index (κ3) is 6.69. The van der Waals surface area contributed by atoms with E-state index in [1.807, 2.05) is 24.3 Å². The molecule has 0 bridgehead atoms. The van der Waals surface area contributed by atoms with Gasteiger partial charge in [-0.2, -0.15) is 0 Å². The Morgan fingerprint density at radius 2 is 0.905 bits per heavy atom. The summed E-state index contributed by atoms with van der Waals surface area (Å²) in [5.41, 5.74) is 4.99. The molecule has 2 unspecified atom stereocenters. The summed E-state index contributed by atoms with van der Waals surface area (Å²) in [7, 11) is 0. The van der Waals surface area contributed by atoms with Crippen molar-refractivity contribution in [3.63, 3.8) is 0 Å². The summed E-state index contributed by atoms with van der Waals surface area (Å²) in [4.78, 5) is 47.4. The van der Waals surface area contributed by atoms with Crippen LogP contribution in [0, 0.1) is 23.7 Å². The van der Waals surface area contributed by atoms with Gasteiger partial charge < -0.3 is 20.8 Å². The zero-order valence-corrected chi connectivity index (χ0v) is 24.1. The minimum Gasteiger partial charge on any atom is -0.481 e. The van der Waals surface area contributed by atoms with E-state index in [2.05, 4.69) is 34.9 Å². The van der Waals surface area contributed by atoms with Crippen molar-refractivity contribution in [1.29, 1.82) is 0 Å². The summed E-state index contributed by atoms with van der Waals surface area (Å²) < 4.78 is 0. The summed E-state index contributed by atoms with van der Waals surface area (Å²) in [5, 5.41) is 24.6. The fraction of sp³-hybridized carbons (Fsp3) is 0.529. The molecule has 224 valence electrons. The van der Waals surface area contributed by atoms with Crippen LogP contribution in [-0.2, 0) is 32.0 Å². The van der Waals surface area contributed by atoms with E-state index in [0.29, 0.717) is 25.7 Å². The Labute approximate surface area is 247 Å². The zero-order valence-electron chi connectivity index (χ0n) is 24.1. The van der Waals surface area contributed by atoms with Crippen LogP contribution < -0.4 is 10.6 Å². The first-order valence-corrected chi connectivity index (χ1v) is 15.6. The highest BCUT2D eigenvalue weighted by Gasteiger charge is 2.40. The molecule has 42 heavy (non-hydrogen) atoms. The van der Waals surface area contributed by atoms with E-state index in [1.54, 1.807) is 0 Å². The number of benzene rings is 2. The predicted octanol–water partition coefficient (Wildman–Crippen LogP) is 5.36. The molecule has 0 saturated heterocycles. The molecule has 0 heterocycles. The molecule has 0 spiro atoms. The average Bonchev–Trinajstić information content (AvgIpc) is 3.69. The number of amides is 2. The van der Waals surface area contributed by atoms with Crippen molar-refractivity contribution in [3.05, 3.63) is 70.8 Å². The maximum atomic E-state index is 12.5. The number of hydrogen-bond donors (Lipinski definition) is 4. The van der Waals surface area contributed by atoms with Gasteiger partial charge in [0.15, 0.2) is 0 Å². The van der Waals surface area contributed by atoms with E-state index in [-0.39, 0.29) is 35.7 Å². The second-order valence-corrected chi connectivity index (χ2v) is 12.3. The predicted molar refractivity (Wildman–Crippen MR) is 157 cm³/mol.